The molecule has 17 heavy (non-hydrogen) atoms. The topological polar surface area (TPSA) is 20.3 Å². The summed E-state index contributed by atoms with van der Waals surface area (Å²) in [7, 11) is 0. The lowest BCUT2D eigenvalue weighted by Crippen LogP contribution is -2.38. The van der Waals surface area contributed by atoms with E-state index >= 15 is 0 Å². The standard InChI is InChI=1S/C15H25NO/c1-5-7-14(6-2)10-11-15(17)16-12(3)8-9-13(16)4/h5,10,12-13H,1,6-9,11H2,2-4H3/t12-,13-/m0/s1. The minimum absolute atomic E-state index is 0.275. The van der Waals surface area contributed by atoms with Gasteiger partial charge in [0.2, 0.25) is 5.91 Å². The van der Waals surface area contributed by atoms with Crippen LogP contribution >= 0.6 is 0 Å². The Morgan fingerprint density at radius 1 is 1.29 bits per heavy atom. The first-order valence-electron chi connectivity index (χ1n) is 6.70. The molecule has 0 aliphatic carbocycles. The van der Waals surface area contributed by atoms with Crippen LogP contribution in [0.25, 0.3) is 0 Å². The minimum atomic E-state index is 0.275. The zero-order valence-electron chi connectivity index (χ0n) is 11.4. The second-order valence-corrected chi connectivity index (χ2v) is 4.99. The van der Waals surface area contributed by atoms with E-state index in [1.807, 2.05) is 6.08 Å². The lowest BCUT2D eigenvalue weighted by atomic mass is 10.1. The van der Waals surface area contributed by atoms with E-state index in [4.69, 9.17) is 0 Å². The van der Waals surface area contributed by atoms with Crippen molar-refractivity contribution >= 4 is 5.91 Å². The Balaban J connectivity index is 2.56. The Kier molecular flexibility index (Phi) is 5.46. The van der Waals surface area contributed by atoms with Crippen LogP contribution in [0.5, 0.6) is 0 Å². The van der Waals surface area contributed by atoms with Crippen molar-refractivity contribution in [2.24, 2.45) is 0 Å². The van der Waals surface area contributed by atoms with E-state index in [0.29, 0.717) is 18.5 Å². The molecule has 1 saturated heterocycles. The summed E-state index contributed by atoms with van der Waals surface area (Å²) < 4.78 is 0. The molecule has 0 saturated carbocycles. The summed E-state index contributed by atoms with van der Waals surface area (Å²) in [5, 5.41) is 0. The maximum absolute atomic E-state index is 12.1. The summed E-state index contributed by atoms with van der Waals surface area (Å²) in [4.78, 5) is 14.2. The molecule has 1 amide bonds. The lowest BCUT2D eigenvalue weighted by Gasteiger charge is -2.26. The monoisotopic (exact) mass is 235 g/mol. The van der Waals surface area contributed by atoms with Crippen LogP contribution in [0.2, 0.25) is 0 Å². The molecular formula is C15H25NO. The average Bonchev–Trinajstić information content (AvgIpc) is 2.64. The lowest BCUT2D eigenvalue weighted by molar-refractivity contribution is -0.132. The maximum Gasteiger partial charge on any atom is 0.226 e. The van der Waals surface area contributed by atoms with Crippen molar-refractivity contribution in [2.75, 3.05) is 0 Å². The maximum atomic E-state index is 12.1. The van der Waals surface area contributed by atoms with Crippen LogP contribution in [0, 0.1) is 0 Å². The minimum Gasteiger partial charge on any atom is -0.337 e. The smallest absolute Gasteiger partial charge is 0.226 e. The van der Waals surface area contributed by atoms with Crippen molar-refractivity contribution in [3.8, 4) is 0 Å². The third-order valence-electron chi connectivity index (χ3n) is 3.67. The van der Waals surface area contributed by atoms with Gasteiger partial charge in [-0.15, -0.1) is 6.58 Å². The third-order valence-corrected chi connectivity index (χ3v) is 3.67. The van der Waals surface area contributed by atoms with Gasteiger partial charge in [0.05, 0.1) is 0 Å². The normalized spacial score (nSPS) is 25.1. The number of amides is 1. The summed E-state index contributed by atoms with van der Waals surface area (Å²) in [5.74, 6) is 0.275. The quantitative estimate of drug-likeness (QED) is 0.665. The van der Waals surface area contributed by atoms with E-state index in [2.05, 4.69) is 38.3 Å². The van der Waals surface area contributed by atoms with Gasteiger partial charge in [0, 0.05) is 18.5 Å². The van der Waals surface area contributed by atoms with Crippen molar-refractivity contribution < 1.29 is 4.79 Å². The second kappa shape index (κ2) is 6.63. The first-order valence-corrected chi connectivity index (χ1v) is 6.70. The molecule has 1 aliphatic rings. The number of nitrogens with zero attached hydrogens (tertiary/aromatic N) is 1. The second-order valence-electron chi connectivity index (χ2n) is 4.99. The molecule has 1 heterocycles. The highest BCUT2D eigenvalue weighted by molar-refractivity contribution is 5.78. The van der Waals surface area contributed by atoms with Gasteiger partial charge in [-0.1, -0.05) is 24.6 Å². The molecule has 1 fully saturated rings. The van der Waals surface area contributed by atoms with E-state index in [9.17, 15) is 4.79 Å². The molecule has 2 heteroatoms. The fourth-order valence-corrected chi connectivity index (χ4v) is 2.58. The highest BCUT2D eigenvalue weighted by Gasteiger charge is 2.30. The number of likely N-dealkylation sites (tertiary alicyclic amines) is 1. The Labute approximate surface area is 105 Å². The molecular weight excluding hydrogens is 210 g/mol. The third kappa shape index (κ3) is 3.72. The number of rotatable bonds is 5. The fourth-order valence-electron chi connectivity index (χ4n) is 2.58. The Bertz CT molecular complexity index is 296. The van der Waals surface area contributed by atoms with Crippen molar-refractivity contribution in [2.45, 2.75) is 65.0 Å². The number of hydrogen-bond donors (Lipinski definition) is 0. The summed E-state index contributed by atoms with van der Waals surface area (Å²) >= 11 is 0. The van der Waals surface area contributed by atoms with Gasteiger partial charge in [-0.25, -0.2) is 0 Å². The molecule has 2 nitrogen and oxygen atoms in total. The molecule has 96 valence electrons. The molecule has 0 unspecified atom stereocenters. The van der Waals surface area contributed by atoms with Gasteiger partial charge >= 0.3 is 0 Å². The van der Waals surface area contributed by atoms with Gasteiger partial charge < -0.3 is 4.90 Å². The van der Waals surface area contributed by atoms with Crippen LogP contribution in [0.4, 0.5) is 0 Å². The van der Waals surface area contributed by atoms with Gasteiger partial charge in [-0.05, 0) is 39.5 Å². The number of carbonyl (C=O) groups is 1. The van der Waals surface area contributed by atoms with Gasteiger partial charge in [0.25, 0.3) is 0 Å². The Morgan fingerprint density at radius 2 is 1.88 bits per heavy atom. The van der Waals surface area contributed by atoms with Gasteiger partial charge in [-0.3, -0.25) is 4.79 Å². The molecule has 0 radical (unpaired) electrons. The van der Waals surface area contributed by atoms with Gasteiger partial charge in [-0.2, -0.15) is 0 Å². The fraction of sp³-hybridized carbons (Fsp3) is 0.667. The highest BCUT2D eigenvalue weighted by Crippen LogP contribution is 2.24. The molecule has 0 aromatic carbocycles. The highest BCUT2D eigenvalue weighted by atomic mass is 16.2. The summed E-state index contributed by atoms with van der Waals surface area (Å²) in [6, 6.07) is 0.825. The van der Waals surface area contributed by atoms with E-state index in [-0.39, 0.29) is 5.91 Å². The van der Waals surface area contributed by atoms with Crippen molar-refractivity contribution in [1.29, 1.82) is 0 Å². The average molecular weight is 235 g/mol. The molecule has 0 N–H and O–H groups in total. The molecule has 1 rings (SSSR count). The summed E-state index contributed by atoms with van der Waals surface area (Å²) in [6.07, 6.45) is 8.72. The number of carbonyl (C=O) groups excluding carboxylic acids is 1. The van der Waals surface area contributed by atoms with E-state index in [1.165, 1.54) is 5.57 Å². The van der Waals surface area contributed by atoms with Crippen molar-refractivity contribution in [3.05, 3.63) is 24.3 Å². The molecule has 1 aliphatic heterocycles. The summed E-state index contributed by atoms with van der Waals surface area (Å²) in [5.41, 5.74) is 1.31. The van der Waals surface area contributed by atoms with Gasteiger partial charge in [0.1, 0.15) is 0 Å². The van der Waals surface area contributed by atoms with Crippen LogP contribution in [-0.2, 0) is 4.79 Å². The number of hydrogen-bond acceptors (Lipinski definition) is 1. The van der Waals surface area contributed by atoms with E-state index < -0.39 is 0 Å². The zero-order chi connectivity index (χ0) is 12.8. The molecule has 0 aromatic heterocycles. The first-order chi connectivity index (χ1) is 8.10. The SMILES string of the molecule is C=CCC(=CCC(=O)N1[C@@H](C)CC[C@@H]1C)CC. The molecule has 0 aromatic rings. The van der Waals surface area contributed by atoms with Crippen LogP contribution in [0.1, 0.15) is 52.9 Å². The first kappa shape index (κ1) is 14.0. The van der Waals surface area contributed by atoms with E-state index in [0.717, 1.165) is 25.7 Å². The Hall–Kier alpha value is -1.05. The number of allylic oxidation sites excluding steroid dienone is 2. The van der Waals surface area contributed by atoms with Crippen LogP contribution in [0.15, 0.2) is 24.3 Å². The largest absolute Gasteiger partial charge is 0.337 e. The predicted octanol–water partition coefficient (Wildman–Crippen LogP) is 3.69. The van der Waals surface area contributed by atoms with Gasteiger partial charge in [0.15, 0.2) is 0 Å². The van der Waals surface area contributed by atoms with Crippen molar-refractivity contribution in [1.82, 2.24) is 4.90 Å². The predicted molar refractivity (Wildman–Crippen MR) is 72.8 cm³/mol. The molecule has 0 bridgehead atoms. The van der Waals surface area contributed by atoms with Crippen LogP contribution in [0.3, 0.4) is 0 Å². The zero-order valence-corrected chi connectivity index (χ0v) is 11.4. The molecule has 0 spiro atoms. The van der Waals surface area contributed by atoms with Crippen LogP contribution in [-0.4, -0.2) is 22.9 Å². The summed E-state index contributed by atoms with van der Waals surface area (Å²) in [6.45, 7) is 10.2. The Morgan fingerprint density at radius 3 is 2.35 bits per heavy atom. The van der Waals surface area contributed by atoms with E-state index in [1.54, 1.807) is 0 Å². The molecule has 2 atom stereocenters. The van der Waals surface area contributed by atoms with Crippen molar-refractivity contribution in [3.63, 3.8) is 0 Å². The van der Waals surface area contributed by atoms with Crippen LogP contribution < -0.4 is 0 Å².